The summed E-state index contributed by atoms with van der Waals surface area (Å²) in [7, 11) is 0. The number of hydrogen-bond donors (Lipinski definition) is 1. The predicted molar refractivity (Wildman–Crippen MR) is 65.1 cm³/mol. The number of hydrogen-bond acceptors (Lipinski definition) is 3. The van der Waals surface area contributed by atoms with Crippen molar-refractivity contribution in [3.05, 3.63) is 29.8 Å². The Morgan fingerprint density at radius 3 is 2.58 bits per heavy atom. The lowest BCUT2D eigenvalue weighted by Crippen LogP contribution is -2.45. The summed E-state index contributed by atoms with van der Waals surface area (Å²) >= 11 is 0. The first-order valence-electron chi connectivity index (χ1n) is 6.07. The van der Waals surface area contributed by atoms with Crippen molar-refractivity contribution in [3.8, 4) is 0 Å². The van der Waals surface area contributed by atoms with Gasteiger partial charge in [0.25, 0.3) is 5.91 Å². The summed E-state index contributed by atoms with van der Waals surface area (Å²) in [5.41, 5.74) is -0.869. The third-order valence-corrected chi connectivity index (χ3v) is 3.66. The van der Waals surface area contributed by atoms with Crippen LogP contribution in [0.2, 0.25) is 0 Å². The molecule has 1 aromatic rings. The normalized spacial score (nSPS) is 18.1. The molecule has 1 saturated heterocycles. The van der Waals surface area contributed by atoms with E-state index in [1.54, 1.807) is 6.92 Å². The highest BCUT2D eigenvalue weighted by atomic mass is 19.1. The van der Waals surface area contributed by atoms with Crippen LogP contribution in [0.3, 0.4) is 0 Å². The van der Waals surface area contributed by atoms with Gasteiger partial charge in [-0.1, -0.05) is 0 Å². The summed E-state index contributed by atoms with van der Waals surface area (Å²) in [4.78, 5) is 28.1. The van der Waals surface area contributed by atoms with E-state index in [-0.39, 0.29) is 5.56 Å². The number of carboxylic acid groups (broad SMARTS) is 1. The predicted octanol–water partition coefficient (Wildman–Crippen LogP) is 1.55. The van der Waals surface area contributed by atoms with Gasteiger partial charge in [-0.2, -0.15) is 4.39 Å². The smallest absolute Gasteiger partial charge is 0.309 e. The molecule has 0 spiro atoms. The van der Waals surface area contributed by atoms with Crippen molar-refractivity contribution in [1.82, 2.24) is 9.88 Å². The maximum atomic E-state index is 13.4. The zero-order valence-electron chi connectivity index (χ0n) is 10.6. The van der Waals surface area contributed by atoms with Crippen molar-refractivity contribution in [2.24, 2.45) is 5.41 Å². The average Bonchev–Trinajstić information content (AvgIpc) is 2.39. The van der Waals surface area contributed by atoms with Gasteiger partial charge in [-0.25, -0.2) is 4.98 Å². The summed E-state index contributed by atoms with van der Waals surface area (Å²) in [6, 6.07) is 2.89. The van der Waals surface area contributed by atoms with Crippen LogP contribution in [0.4, 0.5) is 4.39 Å². The minimum absolute atomic E-state index is 0.0681. The Labute approximate surface area is 110 Å². The molecule has 2 heterocycles. The Morgan fingerprint density at radius 1 is 1.42 bits per heavy atom. The summed E-state index contributed by atoms with van der Waals surface area (Å²) < 4.78 is 13.4. The summed E-state index contributed by atoms with van der Waals surface area (Å²) in [5, 5.41) is 9.11. The number of nitrogens with zero attached hydrogens (tertiary/aromatic N) is 2. The van der Waals surface area contributed by atoms with Crippen LogP contribution >= 0.6 is 0 Å². The monoisotopic (exact) mass is 266 g/mol. The molecular weight excluding hydrogens is 251 g/mol. The number of piperidine rings is 1. The van der Waals surface area contributed by atoms with Crippen LogP contribution in [0.25, 0.3) is 0 Å². The van der Waals surface area contributed by atoms with E-state index in [9.17, 15) is 14.0 Å². The fourth-order valence-electron chi connectivity index (χ4n) is 2.13. The quantitative estimate of drug-likeness (QED) is 0.824. The lowest BCUT2D eigenvalue weighted by Gasteiger charge is -2.36. The van der Waals surface area contributed by atoms with Crippen molar-refractivity contribution in [2.75, 3.05) is 13.1 Å². The van der Waals surface area contributed by atoms with Crippen LogP contribution < -0.4 is 0 Å². The molecule has 1 fully saturated rings. The van der Waals surface area contributed by atoms with E-state index in [1.807, 2.05) is 0 Å². The minimum Gasteiger partial charge on any atom is -0.481 e. The Morgan fingerprint density at radius 2 is 2.05 bits per heavy atom. The SMILES string of the molecule is CC1(C(=O)O)CCN(C(=O)c2cccnc2F)CC1. The summed E-state index contributed by atoms with van der Waals surface area (Å²) in [6.45, 7) is 2.30. The highest BCUT2D eigenvalue weighted by Crippen LogP contribution is 2.31. The topological polar surface area (TPSA) is 70.5 Å². The molecule has 0 bridgehead atoms. The highest BCUT2D eigenvalue weighted by Gasteiger charge is 2.38. The third kappa shape index (κ3) is 2.57. The van der Waals surface area contributed by atoms with Crippen molar-refractivity contribution in [1.29, 1.82) is 0 Å². The molecule has 1 aliphatic heterocycles. The molecule has 0 aliphatic carbocycles. The molecule has 19 heavy (non-hydrogen) atoms. The van der Waals surface area contributed by atoms with E-state index in [2.05, 4.69) is 4.98 Å². The van der Waals surface area contributed by atoms with Gasteiger partial charge in [-0.3, -0.25) is 9.59 Å². The second-order valence-electron chi connectivity index (χ2n) is 5.00. The van der Waals surface area contributed by atoms with Gasteiger partial charge in [-0.05, 0) is 31.9 Å². The molecule has 0 aromatic carbocycles. The van der Waals surface area contributed by atoms with Gasteiger partial charge in [0.1, 0.15) is 0 Å². The number of amides is 1. The molecule has 1 N–H and O–H groups in total. The van der Waals surface area contributed by atoms with E-state index in [1.165, 1.54) is 23.2 Å². The van der Waals surface area contributed by atoms with Gasteiger partial charge in [0.05, 0.1) is 11.0 Å². The maximum Gasteiger partial charge on any atom is 0.309 e. The van der Waals surface area contributed by atoms with Gasteiger partial charge >= 0.3 is 5.97 Å². The van der Waals surface area contributed by atoms with Crippen molar-refractivity contribution in [2.45, 2.75) is 19.8 Å². The van der Waals surface area contributed by atoms with Crippen LogP contribution in [0.5, 0.6) is 0 Å². The van der Waals surface area contributed by atoms with Gasteiger partial charge in [0, 0.05) is 19.3 Å². The Balaban J connectivity index is 2.08. The largest absolute Gasteiger partial charge is 0.481 e. The lowest BCUT2D eigenvalue weighted by molar-refractivity contribution is -0.150. The molecule has 102 valence electrons. The second kappa shape index (κ2) is 4.95. The van der Waals surface area contributed by atoms with E-state index >= 15 is 0 Å². The number of carboxylic acids is 1. The highest BCUT2D eigenvalue weighted by molar-refractivity contribution is 5.94. The van der Waals surface area contributed by atoms with Gasteiger partial charge < -0.3 is 10.0 Å². The zero-order valence-corrected chi connectivity index (χ0v) is 10.6. The minimum atomic E-state index is -0.854. The molecule has 1 aromatic heterocycles. The molecule has 0 saturated carbocycles. The van der Waals surface area contributed by atoms with Crippen molar-refractivity contribution in [3.63, 3.8) is 0 Å². The van der Waals surface area contributed by atoms with Gasteiger partial charge in [0.2, 0.25) is 5.95 Å². The average molecular weight is 266 g/mol. The maximum absolute atomic E-state index is 13.4. The standard InChI is InChI=1S/C13H15FN2O3/c1-13(12(18)19)4-7-16(8-5-13)11(17)9-3-2-6-15-10(9)14/h2-3,6H,4-5,7-8H2,1H3,(H,18,19). The van der Waals surface area contributed by atoms with Crippen LogP contribution in [0, 0.1) is 11.4 Å². The van der Waals surface area contributed by atoms with Crippen LogP contribution in [0.1, 0.15) is 30.1 Å². The molecule has 0 unspecified atom stereocenters. The van der Waals surface area contributed by atoms with Crippen LogP contribution in [-0.4, -0.2) is 40.0 Å². The first-order chi connectivity index (χ1) is 8.94. The van der Waals surface area contributed by atoms with E-state index in [4.69, 9.17) is 5.11 Å². The van der Waals surface area contributed by atoms with Crippen molar-refractivity contribution < 1.29 is 19.1 Å². The molecule has 0 radical (unpaired) electrons. The molecule has 0 atom stereocenters. The van der Waals surface area contributed by atoms with Crippen LogP contribution in [0.15, 0.2) is 18.3 Å². The molecular formula is C13H15FN2O3. The first-order valence-corrected chi connectivity index (χ1v) is 6.07. The molecule has 1 aliphatic rings. The molecule has 6 heteroatoms. The van der Waals surface area contributed by atoms with E-state index in [0.717, 1.165) is 0 Å². The third-order valence-electron chi connectivity index (χ3n) is 3.66. The zero-order chi connectivity index (χ0) is 14.0. The summed E-state index contributed by atoms with van der Waals surface area (Å²) in [5.74, 6) is -2.08. The first kappa shape index (κ1) is 13.5. The number of carbonyl (C=O) groups excluding carboxylic acids is 1. The van der Waals surface area contributed by atoms with Gasteiger partial charge in [-0.15, -0.1) is 0 Å². The number of rotatable bonds is 2. The van der Waals surface area contributed by atoms with Crippen LogP contribution in [-0.2, 0) is 4.79 Å². The Kier molecular flexibility index (Phi) is 3.50. The molecule has 2 rings (SSSR count). The number of likely N-dealkylation sites (tertiary alicyclic amines) is 1. The number of pyridine rings is 1. The van der Waals surface area contributed by atoms with E-state index < -0.39 is 23.2 Å². The fourth-order valence-corrected chi connectivity index (χ4v) is 2.13. The number of aliphatic carboxylic acids is 1. The Bertz CT molecular complexity index is 510. The van der Waals surface area contributed by atoms with Crippen molar-refractivity contribution >= 4 is 11.9 Å². The fraction of sp³-hybridized carbons (Fsp3) is 0.462. The second-order valence-corrected chi connectivity index (χ2v) is 5.00. The number of carbonyl (C=O) groups is 2. The number of halogens is 1. The Hall–Kier alpha value is -1.98. The molecule has 5 nitrogen and oxygen atoms in total. The number of aromatic nitrogens is 1. The lowest BCUT2D eigenvalue weighted by atomic mass is 9.80. The summed E-state index contributed by atoms with van der Waals surface area (Å²) in [6.07, 6.45) is 2.02. The van der Waals surface area contributed by atoms with E-state index in [0.29, 0.717) is 25.9 Å². The van der Waals surface area contributed by atoms with Gasteiger partial charge in [0.15, 0.2) is 0 Å². The molecule has 1 amide bonds.